The molecule has 0 aliphatic heterocycles. The van der Waals surface area contributed by atoms with Gasteiger partial charge in [-0.05, 0) is 37.6 Å². The number of para-hydroxylation sites is 1. The van der Waals surface area contributed by atoms with Crippen molar-refractivity contribution >= 4 is 16.1 Å². The van der Waals surface area contributed by atoms with Crippen molar-refractivity contribution in [2.24, 2.45) is 0 Å². The van der Waals surface area contributed by atoms with Crippen molar-refractivity contribution in [1.82, 2.24) is 0 Å². The van der Waals surface area contributed by atoms with Gasteiger partial charge < -0.3 is 8.92 Å². The molecule has 0 fully saturated rings. The van der Waals surface area contributed by atoms with Gasteiger partial charge in [0.1, 0.15) is 11.3 Å². The molecule has 0 bridgehead atoms. The topological polar surface area (TPSA) is 69.7 Å². The molecule has 0 aliphatic rings. The van der Waals surface area contributed by atoms with E-state index in [0.29, 0.717) is 12.2 Å². The van der Waals surface area contributed by atoms with E-state index >= 15 is 0 Å². The first-order chi connectivity index (χ1) is 11.4. The van der Waals surface area contributed by atoms with E-state index in [1.54, 1.807) is 24.3 Å². The zero-order valence-electron chi connectivity index (χ0n) is 13.7. The Balaban J connectivity index is 2.18. The summed E-state index contributed by atoms with van der Waals surface area (Å²) >= 11 is 0. The molecule has 5 nitrogen and oxygen atoms in total. The third-order valence-electron chi connectivity index (χ3n) is 3.30. The van der Waals surface area contributed by atoms with Crippen LogP contribution < -0.4 is 8.92 Å². The van der Waals surface area contributed by atoms with Crippen LogP contribution in [-0.4, -0.2) is 20.1 Å². The van der Waals surface area contributed by atoms with Crippen LogP contribution >= 0.6 is 0 Å². The van der Waals surface area contributed by atoms with Crippen molar-refractivity contribution in [2.45, 2.75) is 26.7 Å². The van der Waals surface area contributed by atoms with E-state index in [1.165, 1.54) is 12.1 Å². The third-order valence-corrected chi connectivity index (χ3v) is 4.53. The molecule has 0 saturated heterocycles. The molecule has 0 heterocycles. The molecule has 2 aromatic rings. The second kappa shape index (κ2) is 7.97. The van der Waals surface area contributed by atoms with Gasteiger partial charge in [-0.1, -0.05) is 43.2 Å². The molecule has 6 heteroatoms. The minimum absolute atomic E-state index is 0.0225. The van der Waals surface area contributed by atoms with Crippen LogP contribution in [0, 0.1) is 6.92 Å². The lowest BCUT2D eigenvalue weighted by atomic mass is 10.2. The average molecular weight is 348 g/mol. The highest BCUT2D eigenvalue weighted by Crippen LogP contribution is 2.23. The summed E-state index contributed by atoms with van der Waals surface area (Å²) in [6.45, 7) is 3.82. The molecule has 2 aromatic carbocycles. The zero-order chi connectivity index (χ0) is 17.6. The van der Waals surface area contributed by atoms with Crippen LogP contribution in [0.4, 0.5) is 0 Å². The molecule has 0 spiro atoms. The number of aryl methyl sites for hydroxylation is 1. The lowest BCUT2D eigenvalue weighted by Gasteiger charge is -2.11. The third kappa shape index (κ3) is 5.09. The van der Waals surface area contributed by atoms with E-state index in [4.69, 9.17) is 8.92 Å². The van der Waals surface area contributed by atoms with Gasteiger partial charge in [0.2, 0.25) is 0 Å². The van der Waals surface area contributed by atoms with Crippen molar-refractivity contribution in [1.29, 1.82) is 0 Å². The molecule has 0 radical (unpaired) electrons. The van der Waals surface area contributed by atoms with Crippen LogP contribution in [0.1, 0.15) is 35.7 Å². The van der Waals surface area contributed by atoms with E-state index in [-0.39, 0.29) is 17.1 Å². The summed E-state index contributed by atoms with van der Waals surface area (Å²) in [5.41, 5.74) is 1.11. The predicted molar refractivity (Wildman–Crippen MR) is 91.9 cm³/mol. The second-order valence-corrected chi connectivity index (χ2v) is 7.09. The minimum atomic E-state index is -3.74. The fraction of sp³-hybridized carbons (Fsp3) is 0.278. The normalized spacial score (nSPS) is 11.1. The number of benzene rings is 2. The number of rotatable bonds is 7. The SMILES string of the molecule is CCCCS(=O)(=O)Oc1ccccc1C(=O)Oc1ccc(C)cc1. The first-order valence-electron chi connectivity index (χ1n) is 7.71. The monoisotopic (exact) mass is 348 g/mol. The standard InChI is InChI=1S/C18H20O5S/c1-3-4-13-24(20,21)23-17-8-6-5-7-16(17)18(19)22-15-11-9-14(2)10-12-15/h5-12H,3-4,13H2,1-2H3. The van der Waals surface area contributed by atoms with Crippen molar-refractivity contribution in [3.05, 3.63) is 59.7 Å². The lowest BCUT2D eigenvalue weighted by molar-refractivity contribution is 0.0733. The van der Waals surface area contributed by atoms with Crippen LogP contribution in [0.25, 0.3) is 0 Å². The summed E-state index contributed by atoms with van der Waals surface area (Å²) in [4.78, 5) is 12.3. The molecule has 24 heavy (non-hydrogen) atoms. The van der Waals surface area contributed by atoms with Gasteiger partial charge >= 0.3 is 16.1 Å². The van der Waals surface area contributed by atoms with Gasteiger partial charge in [-0.25, -0.2) is 4.79 Å². The highest BCUT2D eigenvalue weighted by Gasteiger charge is 2.19. The molecule has 0 amide bonds. The molecule has 0 atom stereocenters. The highest BCUT2D eigenvalue weighted by atomic mass is 32.2. The van der Waals surface area contributed by atoms with Gasteiger partial charge in [0.25, 0.3) is 0 Å². The lowest BCUT2D eigenvalue weighted by Crippen LogP contribution is -2.17. The molecule has 0 aromatic heterocycles. The minimum Gasteiger partial charge on any atom is -0.423 e. The van der Waals surface area contributed by atoms with Crippen LogP contribution in [-0.2, 0) is 10.1 Å². The summed E-state index contributed by atoms with van der Waals surface area (Å²) in [5, 5.41) is 0. The summed E-state index contributed by atoms with van der Waals surface area (Å²) in [5.74, 6) is -0.398. The molecular weight excluding hydrogens is 328 g/mol. The maximum absolute atomic E-state index is 12.3. The van der Waals surface area contributed by atoms with Gasteiger partial charge in [0.05, 0.1) is 5.75 Å². The number of hydrogen-bond donors (Lipinski definition) is 0. The zero-order valence-corrected chi connectivity index (χ0v) is 14.5. The van der Waals surface area contributed by atoms with Crippen LogP contribution in [0.3, 0.4) is 0 Å². The summed E-state index contributed by atoms with van der Waals surface area (Å²) in [7, 11) is -3.74. The Labute approximate surface area is 142 Å². The first kappa shape index (κ1) is 18.0. The average Bonchev–Trinajstić information content (AvgIpc) is 2.55. The van der Waals surface area contributed by atoms with E-state index in [9.17, 15) is 13.2 Å². The van der Waals surface area contributed by atoms with Gasteiger partial charge in [-0.3, -0.25) is 0 Å². The van der Waals surface area contributed by atoms with Gasteiger partial charge in [-0.2, -0.15) is 8.42 Å². The largest absolute Gasteiger partial charge is 0.423 e. The first-order valence-corrected chi connectivity index (χ1v) is 9.29. The number of ether oxygens (including phenoxy) is 1. The Morgan fingerprint density at radius 3 is 2.38 bits per heavy atom. The molecule has 128 valence electrons. The second-order valence-electron chi connectivity index (χ2n) is 5.40. The van der Waals surface area contributed by atoms with Gasteiger partial charge in [0, 0.05) is 0 Å². The molecule has 0 aliphatic carbocycles. The summed E-state index contributed by atoms with van der Waals surface area (Å²) in [6, 6.07) is 13.1. The number of esters is 1. The molecule has 0 unspecified atom stereocenters. The van der Waals surface area contributed by atoms with Crippen LogP contribution in [0.5, 0.6) is 11.5 Å². The fourth-order valence-electron chi connectivity index (χ4n) is 1.98. The van der Waals surface area contributed by atoms with Crippen molar-refractivity contribution in [3.8, 4) is 11.5 Å². The number of hydrogen-bond acceptors (Lipinski definition) is 5. The number of carbonyl (C=O) groups excluding carboxylic acids is 1. The fourth-order valence-corrected chi connectivity index (χ4v) is 3.12. The quantitative estimate of drug-likeness (QED) is 0.433. The number of unbranched alkanes of at least 4 members (excludes halogenated alkanes) is 1. The molecule has 0 saturated carbocycles. The van der Waals surface area contributed by atoms with Crippen molar-refractivity contribution < 1.29 is 22.1 Å². The van der Waals surface area contributed by atoms with Crippen molar-refractivity contribution in [3.63, 3.8) is 0 Å². The maximum atomic E-state index is 12.3. The summed E-state index contributed by atoms with van der Waals surface area (Å²) < 4.78 is 34.3. The van der Waals surface area contributed by atoms with Crippen molar-refractivity contribution in [2.75, 3.05) is 5.75 Å². The Morgan fingerprint density at radius 1 is 1.04 bits per heavy atom. The van der Waals surface area contributed by atoms with Crippen LogP contribution in [0.2, 0.25) is 0 Å². The van der Waals surface area contributed by atoms with Gasteiger partial charge in [0.15, 0.2) is 5.75 Å². The Morgan fingerprint density at radius 2 is 1.71 bits per heavy atom. The Bertz CT molecular complexity index is 794. The Hall–Kier alpha value is -2.34. The van der Waals surface area contributed by atoms with E-state index in [2.05, 4.69) is 0 Å². The van der Waals surface area contributed by atoms with E-state index in [1.807, 2.05) is 26.0 Å². The Kier molecular flexibility index (Phi) is 5.98. The van der Waals surface area contributed by atoms with E-state index < -0.39 is 16.1 Å². The maximum Gasteiger partial charge on any atom is 0.347 e. The number of carbonyl (C=O) groups is 1. The molecule has 0 N–H and O–H groups in total. The summed E-state index contributed by atoms with van der Waals surface area (Å²) in [6.07, 6.45) is 1.23. The molecule has 2 rings (SSSR count). The van der Waals surface area contributed by atoms with Crippen LogP contribution in [0.15, 0.2) is 48.5 Å². The highest BCUT2D eigenvalue weighted by molar-refractivity contribution is 7.87. The predicted octanol–water partition coefficient (Wildman–Crippen LogP) is 3.72. The van der Waals surface area contributed by atoms with E-state index in [0.717, 1.165) is 12.0 Å². The molecular formula is C18H20O5S. The van der Waals surface area contributed by atoms with Gasteiger partial charge in [-0.15, -0.1) is 0 Å². The smallest absolute Gasteiger partial charge is 0.347 e.